The largest absolute Gasteiger partial charge is 0.491 e. The van der Waals surface area contributed by atoms with Gasteiger partial charge in [-0.1, -0.05) is 19.3 Å². The Morgan fingerprint density at radius 1 is 1.09 bits per heavy atom. The number of benzene rings is 1. The number of aromatic nitrogens is 4. The smallest absolute Gasteiger partial charge is 0.434 e. The Hall–Kier alpha value is -4.53. The summed E-state index contributed by atoms with van der Waals surface area (Å²) >= 11 is 0. The number of hydrogen-bond acceptors (Lipinski definition) is 10. The van der Waals surface area contributed by atoms with E-state index in [0.717, 1.165) is 18.2 Å². The lowest BCUT2D eigenvalue weighted by molar-refractivity contribution is -0.145. The van der Waals surface area contributed by atoms with E-state index in [0.29, 0.717) is 62.9 Å². The molecule has 2 aliphatic heterocycles. The van der Waals surface area contributed by atoms with Crippen molar-refractivity contribution in [2.24, 2.45) is 0 Å². The first-order valence-corrected chi connectivity index (χ1v) is 14.8. The summed E-state index contributed by atoms with van der Waals surface area (Å²) in [5.74, 6) is -1.43. The van der Waals surface area contributed by atoms with E-state index in [2.05, 4.69) is 25.3 Å². The Labute approximate surface area is 256 Å². The van der Waals surface area contributed by atoms with Crippen molar-refractivity contribution in [3.8, 4) is 5.75 Å². The molecule has 4 heterocycles. The number of hydrogen-bond donors (Lipinski definition) is 2. The van der Waals surface area contributed by atoms with Crippen molar-refractivity contribution >= 4 is 29.5 Å². The van der Waals surface area contributed by atoms with Gasteiger partial charge in [0.15, 0.2) is 5.69 Å². The zero-order chi connectivity index (χ0) is 31.6. The zero-order valence-corrected chi connectivity index (χ0v) is 24.3. The van der Waals surface area contributed by atoms with Crippen molar-refractivity contribution in [1.29, 1.82) is 0 Å². The maximum atomic E-state index is 14.2. The number of nitrogens with zero attached hydrogens (tertiary/aromatic N) is 6. The second-order valence-electron chi connectivity index (χ2n) is 11.3. The Balaban J connectivity index is 1.15. The number of anilines is 3. The molecule has 2 fully saturated rings. The second-order valence-corrected chi connectivity index (χ2v) is 11.3. The van der Waals surface area contributed by atoms with Crippen molar-refractivity contribution in [3.05, 3.63) is 59.7 Å². The number of amides is 1. The molecule has 0 spiro atoms. The summed E-state index contributed by atoms with van der Waals surface area (Å²) < 4.78 is 54.4. The highest BCUT2D eigenvalue weighted by Gasteiger charge is 2.44. The first-order chi connectivity index (χ1) is 21.6. The molecule has 0 radical (unpaired) electrons. The lowest BCUT2D eigenvalue weighted by atomic mass is 9.81. The first kappa shape index (κ1) is 30.5. The maximum absolute atomic E-state index is 14.2. The van der Waals surface area contributed by atoms with Crippen LogP contribution in [-0.4, -0.2) is 81.4 Å². The number of nitrogens with one attached hydrogen (secondary N) is 1. The fourth-order valence-electron chi connectivity index (χ4n) is 6.04. The van der Waals surface area contributed by atoms with Crippen LogP contribution in [0.1, 0.15) is 53.7 Å². The van der Waals surface area contributed by atoms with Gasteiger partial charge < -0.3 is 29.7 Å². The number of morpholine rings is 1. The topological polar surface area (TPSA) is 143 Å². The van der Waals surface area contributed by atoms with Crippen molar-refractivity contribution in [2.75, 3.05) is 42.6 Å². The fourth-order valence-corrected chi connectivity index (χ4v) is 6.04. The second kappa shape index (κ2) is 12.5. The number of alkyl halides is 3. The predicted octanol–water partition coefficient (Wildman–Crippen LogP) is 3.78. The summed E-state index contributed by atoms with van der Waals surface area (Å²) in [5, 5.41) is 12.1. The number of aliphatic carboxylic acids is 1. The molecule has 1 aliphatic carbocycles. The minimum absolute atomic E-state index is 0.138. The molecule has 0 bridgehead atoms. The quantitative estimate of drug-likeness (QED) is 0.377. The van der Waals surface area contributed by atoms with E-state index in [4.69, 9.17) is 9.47 Å². The molecule has 3 aromatic rings. The van der Waals surface area contributed by atoms with Gasteiger partial charge in [0.2, 0.25) is 11.9 Å². The first-order valence-electron chi connectivity index (χ1n) is 14.8. The van der Waals surface area contributed by atoms with Gasteiger partial charge in [-0.2, -0.15) is 13.2 Å². The average molecular weight is 628 g/mol. The number of rotatable bonds is 8. The van der Waals surface area contributed by atoms with Crippen molar-refractivity contribution in [2.45, 2.75) is 56.3 Å². The van der Waals surface area contributed by atoms with Crippen LogP contribution in [0, 0.1) is 0 Å². The van der Waals surface area contributed by atoms with Gasteiger partial charge in [-0.25, -0.2) is 24.7 Å². The van der Waals surface area contributed by atoms with Crippen LogP contribution in [0.5, 0.6) is 5.75 Å². The molecule has 1 unspecified atom stereocenters. The van der Waals surface area contributed by atoms with E-state index in [1.54, 1.807) is 35.5 Å². The van der Waals surface area contributed by atoms with Crippen LogP contribution in [0.2, 0.25) is 0 Å². The van der Waals surface area contributed by atoms with Crippen molar-refractivity contribution in [3.63, 3.8) is 0 Å². The Kier molecular flexibility index (Phi) is 8.44. The Morgan fingerprint density at radius 2 is 1.87 bits per heavy atom. The number of carbonyl (C=O) groups is 2. The molecule has 1 saturated heterocycles. The number of halogens is 3. The Bertz CT molecular complexity index is 1550. The van der Waals surface area contributed by atoms with Crippen LogP contribution < -0.4 is 19.9 Å². The van der Waals surface area contributed by atoms with Crippen LogP contribution in [0.3, 0.4) is 0 Å². The van der Waals surface area contributed by atoms with E-state index in [-0.39, 0.29) is 31.5 Å². The van der Waals surface area contributed by atoms with Crippen LogP contribution in [0.25, 0.3) is 0 Å². The minimum Gasteiger partial charge on any atom is -0.491 e. The molecule has 1 amide bonds. The number of carboxylic acid groups (broad SMARTS) is 1. The molecule has 3 aliphatic rings. The van der Waals surface area contributed by atoms with Crippen molar-refractivity contribution < 1.29 is 37.3 Å². The van der Waals surface area contributed by atoms with Gasteiger partial charge >= 0.3 is 12.1 Å². The highest BCUT2D eigenvalue weighted by molar-refractivity contribution is 5.98. The van der Waals surface area contributed by atoms with Crippen LogP contribution in [0.15, 0.2) is 42.9 Å². The molecule has 238 valence electrons. The molecule has 6 rings (SSSR count). The molecule has 1 aromatic carbocycles. The van der Waals surface area contributed by atoms with Gasteiger partial charge in [0, 0.05) is 37.4 Å². The van der Waals surface area contributed by atoms with E-state index in [1.807, 2.05) is 11.0 Å². The number of fused-ring (bicyclic) bond motifs is 1. The number of carboxylic acids is 1. The monoisotopic (exact) mass is 627 g/mol. The molecule has 2 aromatic heterocycles. The molecule has 1 atom stereocenters. The molecule has 45 heavy (non-hydrogen) atoms. The average Bonchev–Trinajstić information content (AvgIpc) is 3.47. The zero-order valence-electron chi connectivity index (χ0n) is 24.3. The minimum atomic E-state index is -4.98. The predicted molar refractivity (Wildman–Crippen MR) is 155 cm³/mol. The summed E-state index contributed by atoms with van der Waals surface area (Å²) in [6.07, 6.45) is 1.69. The van der Waals surface area contributed by atoms with Gasteiger partial charge in [-0.3, -0.25) is 4.79 Å². The molecule has 12 nitrogen and oxygen atoms in total. The summed E-state index contributed by atoms with van der Waals surface area (Å²) in [4.78, 5) is 45.1. The molecule has 2 N–H and O–H groups in total. The van der Waals surface area contributed by atoms with Crippen LogP contribution in [0.4, 0.5) is 30.8 Å². The number of carbonyl (C=O) groups excluding carboxylic acids is 1. The molecule has 1 saturated carbocycles. The van der Waals surface area contributed by atoms with Gasteiger partial charge in [0.05, 0.1) is 18.7 Å². The third kappa shape index (κ3) is 6.48. The third-order valence-corrected chi connectivity index (χ3v) is 8.36. The van der Waals surface area contributed by atoms with Gasteiger partial charge in [-0.15, -0.1) is 0 Å². The van der Waals surface area contributed by atoms with Gasteiger partial charge in [0.1, 0.15) is 24.0 Å². The summed E-state index contributed by atoms with van der Waals surface area (Å²) in [6.45, 7) is 2.35. The van der Waals surface area contributed by atoms with E-state index < -0.39 is 34.8 Å². The summed E-state index contributed by atoms with van der Waals surface area (Å²) in [6, 6.07) is 7.05. The van der Waals surface area contributed by atoms with Gasteiger partial charge in [0.25, 0.3) is 5.91 Å². The third-order valence-electron chi connectivity index (χ3n) is 8.36. The fraction of sp³-hybridized carbons (Fsp3) is 0.467. The van der Waals surface area contributed by atoms with E-state index >= 15 is 0 Å². The summed E-state index contributed by atoms with van der Waals surface area (Å²) in [7, 11) is 0. The van der Waals surface area contributed by atoms with Gasteiger partial charge in [-0.05, 0) is 49.1 Å². The van der Waals surface area contributed by atoms with Crippen LogP contribution >= 0.6 is 0 Å². The normalized spacial score (nSPS) is 19.6. The summed E-state index contributed by atoms with van der Waals surface area (Å²) in [5.41, 5.74) is -2.39. The lowest BCUT2D eigenvalue weighted by Gasteiger charge is -2.34. The molecule has 15 heteroatoms. The van der Waals surface area contributed by atoms with E-state index in [1.165, 1.54) is 0 Å². The highest BCUT2D eigenvalue weighted by atomic mass is 19.4. The molecular weight excluding hydrogens is 595 g/mol. The maximum Gasteiger partial charge on any atom is 0.434 e. The van der Waals surface area contributed by atoms with Crippen molar-refractivity contribution in [1.82, 2.24) is 25.3 Å². The highest BCUT2D eigenvalue weighted by Crippen LogP contribution is 2.38. The Morgan fingerprint density at radius 3 is 2.60 bits per heavy atom. The van der Waals surface area contributed by atoms with E-state index in [9.17, 15) is 27.9 Å². The molecular formula is C30H32F3N7O5. The number of ether oxygens (including phenoxy) is 2. The van der Waals surface area contributed by atoms with Crippen LogP contribution in [-0.2, 0) is 22.1 Å². The standard InChI is InChI=1S/C30H32F3N7O5/c31-30(32,33)24-22(25(41)38-29(26(42)43)8-2-1-3-9-29)16-36-28(37-24)40-12-7-19-15-20(5-6-23(19)40)45-18-21-17-39(13-14-44-21)27-34-10-4-11-35-27/h4-6,10-11,15-16,21H,1-3,7-9,12-14,17-18H2,(H,38,41)(H,42,43). The lowest BCUT2D eigenvalue weighted by Crippen LogP contribution is -2.55. The SMILES string of the molecule is O=C(NC1(C(=O)O)CCCCC1)c1cnc(N2CCc3cc(OCC4CN(c5ncccn5)CCO4)ccc32)nc1C(F)(F)F.